The monoisotopic (exact) mass is 168 g/mol. The minimum Gasteiger partial charge on any atom is -0.338 e. The van der Waals surface area contributed by atoms with E-state index >= 15 is 0 Å². The number of nitrogens with zero attached hydrogens (tertiary/aromatic N) is 1. The second-order valence-electron chi connectivity index (χ2n) is 3.66. The molecule has 2 rings (SSSR count). The van der Waals surface area contributed by atoms with Gasteiger partial charge in [0.2, 0.25) is 5.91 Å². The number of likely N-dealkylation sites (tertiary alicyclic amines) is 1. The Bertz CT molecular complexity index is 189. The first-order chi connectivity index (χ1) is 5.83. The molecule has 0 aromatic heterocycles. The van der Waals surface area contributed by atoms with Gasteiger partial charge >= 0.3 is 0 Å². The fourth-order valence-electron chi connectivity index (χ4n) is 1.89. The van der Waals surface area contributed by atoms with E-state index in [0.29, 0.717) is 11.9 Å². The van der Waals surface area contributed by atoms with E-state index in [4.69, 9.17) is 0 Å². The zero-order valence-corrected chi connectivity index (χ0v) is 7.55. The molecule has 68 valence electrons. The predicted octanol–water partition coefficient (Wildman–Crippen LogP) is 0.359. The van der Waals surface area contributed by atoms with Crippen molar-refractivity contribution in [2.24, 2.45) is 0 Å². The molecule has 12 heavy (non-hydrogen) atoms. The van der Waals surface area contributed by atoms with Crippen LogP contribution >= 0.6 is 0 Å². The van der Waals surface area contributed by atoms with Gasteiger partial charge in [-0.2, -0.15) is 0 Å². The summed E-state index contributed by atoms with van der Waals surface area (Å²) >= 11 is 0. The van der Waals surface area contributed by atoms with Crippen LogP contribution in [0.1, 0.15) is 26.2 Å². The Balaban J connectivity index is 1.91. The van der Waals surface area contributed by atoms with Crippen molar-refractivity contribution in [2.45, 2.75) is 38.3 Å². The fraction of sp³-hybridized carbons (Fsp3) is 0.889. The summed E-state index contributed by atoms with van der Waals surface area (Å²) in [6.07, 6.45) is 3.46. The molecule has 3 nitrogen and oxygen atoms in total. The third-order valence-electron chi connectivity index (χ3n) is 2.68. The molecule has 1 heterocycles. The summed E-state index contributed by atoms with van der Waals surface area (Å²) in [7, 11) is 0. The van der Waals surface area contributed by atoms with Crippen molar-refractivity contribution >= 4 is 5.91 Å². The van der Waals surface area contributed by atoms with Crippen LogP contribution in [0, 0.1) is 0 Å². The normalized spacial score (nSPS) is 29.9. The van der Waals surface area contributed by atoms with Gasteiger partial charge in [-0.25, -0.2) is 0 Å². The van der Waals surface area contributed by atoms with Crippen LogP contribution in [-0.4, -0.2) is 36.0 Å². The first kappa shape index (κ1) is 8.05. The Hall–Kier alpha value is -0.570. The molecule has 1 aliphatic heterocycles. The van der Waals surface area contributed by atoms with Gasteiger partial charge in [-0.15, -0.1) is 0 Å². The summed E-state index contributed by atoms with van der Waals surface area (Å²) < 4.78 is 0. The maximum absolute atomic E-state index is 11.6. The molecule has 1 unspecified atom stereocenters. The summed E-state index contributed by atoms with van der Waals surface area (Å²) in [6.45, 7) is 3.92. The summed E-state index contributed by atoms with van der Waals surface area (Å²) in [5.41, 5.74) is 0. The SMILES string of the molecule is CCNC1CCN(C2CC2)C1=O. The van der Waals surface area contributed by atoms with Crippen molar-refractivity contribution in [1.82, 2.24) is 10.2 Å². The van der Waals surface area contributed by atoms with Gasteiger partial charge in [-0.1, -0.05) is 6.92 Å². The van der Waals surface area contributed by atoms with E-state index in [1.807, 2.05) is 11.8 Å². The molecule has 2 fully saturated rings. The van der Waals surface area contributed by atoms with Crippen molar-refractivity contribution in [2.75, 3.05) is 13.1 Å². The number of rotatable bonds is 3. The minimum absolute atomic E-state index is 0.121. The fourth-order valence-corrected chi connectivity index (χ4v) is 1.89. The number of hydrogen-bond donors (Lipinski definition) is 1. The smallest absolute Gasteiger partial charge is 0.240 e. The van der Waals surface area contributed by atoms with E-state index in [-0.39, 0.29) is 6.04 Å². The van der Waals surface area contributed by atoms with Crippen LogP contribution in [0.15, 0.2) is 0 Å². The molecule has 0 aromatic rings. The first-order valence-corrected chi connectivity index (χ1v) is 4.86. The van der Waals surface area contributed by atoms with Crippen molar-refractivity contribution in [1.29, 1.82) is 0 Å². The number of carbonyl (C=O) groups excluding carboxylic acids is 1. The topological polar surface area (TPSA) is 32.3 Å². The maximum Gasteiger partial charge on any atom is 0.240 e. The Morgan fingerprint density at radius 1 is 1.50 bits per heavy atom. The highest BCUT2D eigenvalue weighted by Crippen LogP contribution is 2.30. The van der Waals surface area contributed by atoms with Gasteiger partial charge in [0.15, 0.2) is 0 Å². The third kappa shape index (κ3) is 1.33. The second kappa shape index (κ2) is 3.05. The van der Waals surface area contributed by atoms with Crippen LogP contribution in [0.2, 0.25) is 0 Å². The van der Waals surface area contributed by atoms with Crippen molar-refractivity contribution in [3.8, 4) is 0 Å². The van der Waals surface area contributed by atoms with Gasteiger partial charge < -0.3 is 10.2 Å². The summed E-state index contributed by atoms with van der Waals surface area (Å²) in [6, 6.07) is 0.719. The minimum atomic E-state index is 0.121. The van der Waals surface area contributed by atoms with Crippen molar-refractivity contribution < 1.29 is 4.79 Å². The van der Waals surface area contributed by atoms with Crippen LogP contribution in [0.25, 0.3) is 0 Å². The van der Waals surface area contributed by atoms with Crippen molar-refractivity contribution in [3.05, 3.63) is 0 Å². The number of hydrogen-bond acceptors (Lipinski definition) is 2. The zero-order valence-electron chi connectivity index (χ0n) is 7.55. The summed E-state index contributed by atoms with van der Waals surface area (Å²) in [5.74, 6) is 0.333. The average Bonchev–Trinajstić information content (AvgIpc) is 2.82. The first-order valence-electron chi connectivity index (χ1n) is 4.86. The summed E-state index contributed by atoms with van der Waals surface area (Å²) in [4.78, 5) is 13.7. The third-order valence-corrected chi connectivity index (χ3v) is 2.68. The lowest BCUT2D eigenvalue weighted by atomic mass is 10.2. The Morgan fingerprint density at radius 3 is 2.83 bits per heavy atom. The highest BCUT2D eigenvalue weighted by atomic mass is 16.2. The molecular weight excluding hydrogens is 152 g/mol. The number of carbonyl (C=O) groups is 1. The van der Waals surface area contributed by atoms with E-state index < -0.39 is 0 Å². The Morgan fingerprint density at radius 2 is 2.25 bits per heavy atom. The molecular formula is C9H16N2O. The highest BCUT2D eigenvalue weighted by Gasteiger charge is 2.39. The van der Waals surface area contributed by atoms with E-state index in [1.54, 1.807) is 0 Å². The lowest BCUT2D eigenvalue weighted by molar-refractivity contribution is -0.129. The van der Waals surface area contributed by atoms with Crippen molar-refractivity contribution in [3.63, 3.8) is 0 Å². The van der Waals surface area contributed by atoms with Crippen LogP contribution in [0.3, 0.4) is 0 Å². The quantitative estimate of drug-likeness (QED) is 0.660. The second-order valence-corrected chi connectivity index (χ2v) is 3.66. The predicted molar refractivity (Wildman–Crippen MR) is 46.8 cm³/mol. The van der Waals surface area contributed by atoms with E-state index in [9.17, 15) is 4.79 Å². The van der Waals surface area contributed by atoms with Gasteiger partial charge in [0, 0.05) is 12.6 Å². The van der Waals surface area contributed by atoms with Gasteiger partial charge in [0.05, 0.1) is 6.04 Å². The molecule has 1 amide bonds. The largest absolute Gasteiger partial charge is 0.338 e. The molecule has 0 aromatic carbocycles. The molecule has 1 aliphatic carbocycles. The Kier molecular flexibility index (Phi) is 2.05. The number of nitrogens with one attached hydrogen (secondary N) is 1. The van der Waals surface area contributed by atoms with E-state index in [1.165, 1.54) is 12.8 Å². The molecule has 2 aliphatic rings. The number of amides is 1. The maximum atomic E-state index is 11.6. The number of likely N-dealkylation sites (N-methyl/N-ethyl adjacent to an activating group) is 1. The molecule has 1 saturated heterocycles. The lowest BCUT2D eigenvalue weighted by Crippen LogP contribution is -2.38. The zero-order chi connectivity index (χ0) is 8.55. The van der Waals surface area contributed by atoms with Crippen LogP contribution in [0.5, 0.6) is 0 Å². The van der Waals surface area contributed by atoms with E-state index in [0.717, 1.165) is 19.5 Å². The Labute approximate surface area is 73.1 Å². The standard InChI is InChI=1S/C9H16N2O/c1-2-10-8-5-6-11(9(8)12)7-3-4-7/h7-8,10H,2-6H2,1H3. The van der Waals surface area contributed by atoms with Gasteiger partial charge in [-0.05, 0) is 25.8 Å². The molecule has 1 atom stereocenters. The molecule has 0 bridgehead atoms. The highest BCUT2D eigenvalue weighted by molar-refractivity contribution is 5.84. The molecule has 3 heteroatoms. The molecule has 1 saturated carbocycles. The van der Waals surface area contributed by atoms with Crippen LogP contribution < -0.4 is 5.32 Å². The van der Waals surface area contributed by atoms with Gasteiger partial charge in [-0.3, -0.25) is 4.79 Å². The molecule has 0 radical (unpaired) electrons. The molecule has 0 spiro atoms. The van der Waals surface area contributed by atoms with Gasteiger partial charge in [0.25, 0.3) is 0 Å². The van der Waals surface area contributed by atoms with Crippen LogP contribution in [0.4, 0.5) is 0 Å². The van der Waals surface area contributed by atoms with E-state index in [2.05, 4.69) is 5.32 Å². The van der Waals surface area contributed by atoms with Gasteiger partial charge in [0.1, 0.15) is 0 Å². The molecule has 1 N–H and O–H groups in total. The average molecular weight is 168 g/mol. The van der Waals surface area contributed by atoms with Crippen LogP contribution in [-0.2, 0) is 4.79 Å². The summed E-state index contributed by atoms with van der Waals surface area (Å²) in [5, 5.41) is 3.22. The lowest BCUT2D eigenvalue weighted by Gasteiger charge is -2.15.